The minimum atomic E-state index is -0.527. The monoisotopic (exact) mass is 274 g/mol. The van der Waals surface area contributed by atoms with Crippen molar-refractivity contribution in [1.29, 1.82) is 0 Å². The molecule has 1 saturated heterocycles. The summed E-state index contributed by atoms with van der Waals surface area (Å²) in [6, 6.07) is 9.95. The smallest absolute Gasteiger partial charge is 0.435 e. The van der Waals surface area contributed by atoms with E-state index in [4.69, 9.17) is 4.74 Å². The lowest BCUT2D eigenvalue weighted by Gasteiger charge is -2.48. The molecule has 4 nitrogen and oxygen atoms in total. The van der Waals surface area contributed by atoms with Crippen molar-refractivity contribution < 1.29 is 9.53 Å². The highest BCUT2D eigenvalue weighted by molar-refractivity contribution is 6.11. The van der Waals surface area contributed by atoms with E-state index in [1.807, 2.05) is 56.0 Å². The predicted octanol–water partition coefficient (Wildman–Crippen LogP) is 3.87. The van der Waals surface area contributed by atoms with Gasteiger partial charge >= 0.3 is 6.09 Å². The van der Waals surface area contributed by atoms with Crippen LogP contribution in [0.1, 0.15) is 34.6 Å². The van der Waals surface area contributed by atoms with Gasteiger partial charge in [-0.05, 0) is 32.9 Å². The van der Waals surface area contributed by atoms with E-state index in [0.29, 0.717) is 0 Å². The summed E-state index contributed by atoms with van der Waals surface area (Å²) < 4.78 is 5.27. The number of amidine groups is 1. The molecular formula is C16H22N2O2. The molecule has 0 spiro atoms. The van der Waals surface area contributed by atoms with E-state index in [0.717, 1.165) is 18.1 Å². The average Bonchev–Trinajstić information content (AvgIpc) is 2.33. The number of benzene rings is 1. The Balaban J connectivity index is 2.20. The molecule has 108 valence electrons. The summed E-state index contributed by atoms with van der Waals surface area (Å²) in [6.45, 7) is 10.5. The van der Waals surface area contributed by atoms with Gasteiger partial charge in [-0.1, -0.05) is 32.0 Å². The molecule has 1 fully saturated rings. The first-order valence-electron chi connectivity index (χ1n) is 6.84. The van der Waals surface area contributed by atoms with Crippen LogP contribution in [0.4, 0.5) is 10.5 Å². The third-order valence-corrected chi connectivity index (χ3v) is 3.07. The molecule has 2 rings (SSSR count). The zero-order valence-electron chi connectivity index (χ0n) is 12.8. The topological polar surface area (TPSA) is 41.9 Å². The molecule has 0 unspecified atom stereocenters. The Kier molecular flexibility index (Phi) is 3.59. The fraction of sp³-hybridized carbons (Fsp3) is 0.500. The van der Waals surface area contributed by atoms with Gasteiger partial charge in [0.05, 0.1) is 0 Å². The minimum Gasteiger partial charge on any atom is -0.442 e. The Hall–Kier alpha value is -1.84. The van der Waals surface area contributed by atoms with Crippen LogP contribution < -0.4 is 4.90 Å². The molecule has 20 heavy (non-hydrogen) atoms. The largest absolute Gasteiger partial charge is 0.442 e. The summed E-state index contributed by atoms with van der Waals surface area (Å²) in [5.41, 5.74) is 0.424. The number of carbonyl (C=O) groups is 1. The third-order valence-electron chi connectivity index (χ3n) is 3.07. The van der Waals surface area contributed by atoms with Gasteiger partial charge < -0.3 is 9.64 Å². The van der Waals surface area contributed by atoms with Crippen molar-refractivity contribution in [2.45, 2.75) is 40.2 Å². The fourth-order valence-corrected chi connectivity index (χ4v) is 2.22. The van der Waals surface area contributed by atoms with Crippen LogP contribution in [0, 0.1) is 5.41 Å². The first-order valence-corrected chi connectivity index (χ1v) is 6.84. The number of nitrogens with zero attached hydrogens (tertiary/aromatic N) is 2. The van der Waals surface area contributed by atoms with Gasteiger partial charge in [0.15, 0.2) is 0 Å². The molecule has 0 atom stereocenters. The lowest BCUT2D eigenvalue weighted by molar-refractivity contribution is 0.0601. The zero-order chi connectivity index (χ0) is 15.0. The van der Waals surface area contributed by atoms with E-state index in [9.17, 15) is 4.79 Å². The van der Waals surface area contributed by atoms with Crippen LogP contribution in [0.15, 0.2) is 35.3 Å². The number of rotatable bonds is 1. The number of amides is 1. The van der Waals surface area contributed by atoms with E-state index >= 15 is 0 Å². The highest BCUT2D eigenvalue weighted by atomic mass is 16.6. The van der Waals surface area contributed by atoms with Crippen LogP contribution in [0.2, 0.25) is 0 Å². The second-order valence-electron chi connectivity index (χ2n) is 6.72. The van der Waals surface area contributed by atoms with Crippen LogP contribution in [0.25, 0.3) is 0 Å². The van der Waals surface area contributed by atoms with Gasteiger partial charge in [0, 0.05) is 17.6 Å². The maximum absolute atomic E-state index is 11.9. The Morgan fingerprint density at radius 2 is 1.85 bits per heavy atom. The number of hydrogen-bond donors (Lipinski definition) is 0. The maximum Gasteiger partial charge on any atom is 0.435 e. The molecular weight excluding hydrogens is 252 g/mol. The molecule has 0 aromatic heterocycles. The third kappa shape index (κ3) is 3.18. The second-order valence-corrected chi connectivity index (χ2v) is 6.72. The summed E-state index contributed by atoms with van der Waals surface area (Å²) in [4.78, 5) is 18.1. The first-order chi connectivity index (χ1) is 9.19. The van der Waals surface area contributed by atoms with Crippen LogP contribution in [-0.4, -0.2) is 24.1 Å². The van der Waals surface area contributed by atoms with Gasteiger partial charge in [-0.3, -0.25) is 0 Å². The molecule has 0 aliphatic carbocycles. The predicted molar refractivity (Wildman–Crippen MR) is 81.2 cm³/mol. The van der Waals surface area contributed by atoms with Crippen molar-refractivity contribution in [1.82, 2.24) is 0 Å². The Labute approximate surface area is 120 Å². The van der Waals surface area contributed by atoms with Gasteiger partial charge in [0.1, 0.15) is 11.4 Å². The molecule has 1 aliphatic heterocycles. The highest BCUT2D eigenvalue weighted by Crippen LogP contribution is 2.36. The molecule has 1 aromatic rings. The quantitative estimate of drug-likeness (QED) is 0.780. The molecule has 0 bridgehead atoms. The number of aliphatic imine (C=N–C) groups is 1. The fourth-order valence-electron chi connectivity index (χ4n) is 2.22. The molecule has 0 saturated carbocycles. The Morgan fingerprint density at radius 3 is 2.35 bits per heavy atom. The summed E-state index contributed by atoms with van der Waals surface area (Å²) in [6.07, 6.45) is -0.527. The molecule has 1 aromatic carbocycles. The normalized spacial score (nSPS) is 19.6. The van der Waals surface area contributed by atoms with Gasteiger partial charge in [-0.25, -0.2) is 4.79 Å². The number of para-hydroxylation sites is 1. The van der Waals surface area contributed by atoms with E-state index in [-0.39, 0.29) is 5.41 Å². The van der Waals surface area contributed by atoms with E-state index in [2.05, 4.69) is 18.8 Å². The van der Waals surface area contributed by atoms with Crippen molar-refractivity contribution in [3.63, 3.8) is 0 Å². The standard InChI is InChI=1S/C16H22N2O2/c1-15(2,3)20-14(19)17-13-16(4,5)11-18(13)12-9-7-6-8-10-12/h6-10H,11H2,1-5H3/b17-13-. The van der Waals surface area contributed by atoms with E-state index in [1.54, 1.807) is 0 Å². The van der Waals surface area contributed by atoms with Crippen molar-refractivity contribution in [3.05, 3.63) is 30.3 Å². The van der Waals surface area contributed by atoms with Crippen LogP contribution in [0.3, 0.4) is 0 Å². The molecule has 1 amide bonds. The summed E-state index contributed by atoms with van der Waals surface area (Å²) >= 11 is 0. The van der Waals surface area contributed by atoms with Crippen LogP contribution >= 0.6 is 0 Å². The highest BCUT2D eigenvalue weighted by Gasteiger charge is 2.43. The van der Waals surface area contributed by atoms with Gasteiger partial charge in [0.2, 0.25) is 0 Å². The molecule has 4 heteroatoms. The number of ether oxygens (including phenoxy) is 1. The maximum atomic E-state index is 11.9. The van der Waals surface area contributed by atoms with Crippen LogP contribution in [-0.2, 0) is 4.74 Å². The number of hydrogen-bond acceptors (Lipinski definition) is 2. The van der Waals surface area contributed by atoms with Crippen molar-refractivity contribution >= 4 is 17.6 Å². The summed E-state index contributed by atoms with van der Waals surface area (Å²) in [5.74, 6) is 0.762. The average molecular weight is 274 g/mol. The van der Waals surface area contributed by atoms with Crippen molar-refractivity contribution in [2.75, 3.05) is 11.4 Å². The molecule has 0 N–H and O–H groups in total. The zero-order valence-corrected chi connectivity index (χ0v) is 12.8. The molecule has 0 radical (unpaired) electrons. The van der Waals surface area contributed by atoms with Gasteiger partial charge in [-0.2, -0.15) is 4.99 Å². The number of anilines is 1. The summed E-state index contributed by atoms with van der Waals surface area (Å²) in [7, 11) is 0. The Morgan fingerprint density at radius 1 is 1.25 bits per heavy atom. The molecule has 1 aliphatic rings. The number of carbonyl (C=O) groups excluding carboxylic acids is 1. The van der Waals surface area contributed by atoms with Gasteiger partial charge in [-0.15, -0.1) is 0 Å². The van der Waals surface area contributed by atoms with Crippen molar-refractivity contribution in [3.8, 4) is 0 Å². The lowest BCUT2D eigenvalue weighted by Crippen LogP contribution is -2.59. The lowest BCUT2D eigenvalue weighted by atomic mass is 9.82. The van der Waals surface area contributed by atoms with Crippen molar-refractivity contribution in [2.24, 2.45) is 10.4 Å². The SMILES string of the molecule is CC(C)(C)OC(=O)/N=C1\N(c2ccccc2)CC1(C)C. The Bertz CT molecular complexity index is 527. The van der Waals surface area contributed by atoms with E-state index < -0.39 is 11.7 Å². The van der Waals surface area contributed by atoms with Crippen LogP contribution in [0.5, 0.6) is 0 Å². The second kappa shape index (κ2) is 4.93. The minimum absolute atomic E-state index is 0.104. The molecule has 1 heterocycles. The van der Waals surface area contributed by atoms with Gasteiger partial charge in [0.25, 0.3) is 0 Å². The van der Waals surface area contributed by atoms with E-state index in [1.165, 1.54) is 0 Å². The first kappa shape index (κ1) is 14.6. The summed E-state index contributed by atoms with van der Waals surface area (Å²) in [5, 5.41) is 0.